The summed E-state index contributed by atoms with van der Waals surface area (Å²) in [6, 6.07) is 0. The zero-order chi connectivity index (χ0) is 14.5. The van der Waals surface area contributed by atoms with Crippen molar-refractivity contribution in [3.8, 4) is 0 Å². The third-order valence-corrected chi connectivity index (χ3v) is 4.67. The number of allylic oxidation sites excluding steroid dienone is 2. The van der Waals surface area contributed by atoms with Gasteiger partial charge in [0, 0.05) is 0 Å². The van der Waals surface area contributed by atoms with Gasteiger partial charge in [-0.25, -0.2) is 4.39 Å². The van der Waals surface area contributed by atoms with Crippen LogP contribution in [0.3, 0.4) is 0 Å². The Morgan fingerprint density at radius 1 is 1.20 bits per heavy atom. The molecule has 2 atom stereocenters. The summed E-state index contributed by atoms with van der Waals surface area (Å²) in [4.78, 5) is 0. The van der Waals surface area contributed by atoms with Gasteiger partial charge in [-0.15, -0.1) is 0 Å². The Bertz CT molecular complexity index is 438. The molecule has 1 heterocycles. The summed E-state index contributed by atoms with van der Waals surface area (Å²) in [5.74, 6) is -0.738. The lowest BCUT2D eigenvalue weighted by molar-refractivity contribution is 0.00578. The van der Waals surface area contributed by atoms with E-state index in [-0.39, 0.29) is 18.0 Å². The van der Waals surface area contributed by atoms with E-state index in [1.807, 2.05) is 33.8 Å². The molecule has 0 aromatic carbocycles. The molecular formula is C15H22BFO3. The monoisotopic (exact) mass is 280 g/mol. The van der Waals surface area contributed by atoms with Gasteiger partial charge in [0.15, 0.2) is 0 Å². The van der Waals surface area contributed by atoms with E-state index in [1.54, 1.807) is 6.08 Å². The first kappa shape index (κ1) is 14.3. The highest BCUT2D eigenvalue weighted by Gasteiger charge is 2.56. The van der Waals surface area contributed by atoms with Gasteiger partial charge in [-0.1, -0.05) is 12.2 Å². The summed E-state index contributed by atoms with van der Waals surface area (Å²) in [5.41, 5.74) is -0.910. The summed E-state index contributed by atoms with van der Waals surface area (Å²) in [7, 11) is -0.607. The molecule has 110 valence electrons. The predicted octanol–water partition coefficient (Wildman–Crippen LogP) is 3.42. The molecule has 0 spiro atoms. The van der Waals surface area contributed by atoms with Crippen LogP contribution in [0, 0.1) is 0 Å². The topological polar surface area (TPSA) is 27.7 Å². The minimum Gasteiger partial charge on any atom is -0.403 e. The van der Waals surface area contributed by atoms with Crippen LogP contribution < -0.4 is 0 Å². The molecule has 5 heteroatoms. The van der Waals surface area contributed by atoms with Crippen molar-refractivity contribution in [2.24, 2.45) is 0 Å². The average molecular weight is 280 g/mol. The standard InChI is InChI=1S/C15H22BFO3/c1-14(2)15(3,4)20-16(19-14)13-11(17)6-5-7-12(13)18-10-8-9-10/h5-7,10,12-13H,8-9H2,1-4H3. The van der Waals surface area contributed by atoms with Gasteiger partial charge in [-0.3, -0.25) is 0 Å². The molecule has 1 aliphatic heterocycles. The number of rotatable bonds is 3. The molecule has 0 bridgehead atoms. The van der Waals surface area contributed by atoms with E-state index in [2.05, 4.69) is 0 Å². The average Bonchev–Trinajstić information content (AvgIpc) is 3.07. The third-order valence-electron chi connectivity index (χ3n) is 4.67. The van der Waals surface area contributed by atoms with Crippen molar-refractivity contribution in [1.29, 1.82) is 0 Å². The Kier molecular flexibility index (Phi) is 3.35. The summed E-state index contributed by atoms with van der Waals surface area (Å²) < 4.78 is 32.2. The molecule has 0 aromatic rings. The first-order valence-corrected chi connectivity index (χ1v) is 7.35. The minimum absolute atomic E-state index is 0.225. The van der Waals surface area contributed by atoms with E-state index >= 15 is 0 Å². The van der Waals surface area contributed by atoms with Gasteiger partial charge in [0.25, 0.3) is 0 Å². The Morgan fingerprint density at radius 3 is 2.35 bits per heavy atom. The molecular weight excluding hydrogens is 258 g/mol. The molecule has 1 saturated heterocycles. The zero-order valence-electron chi connectivity index (χ0n) is 12.6. The summed E-state index contributed by atoms with van der Waals surface area (Å²) >= 11 is 0. The quantitative estimate of drug-likeness (QED) is 0.741. The Labute approximate surface area is 120 Å². The first-order chi connectivity index (χ1) is 9.30. The van der Waals surface area contributed by atoms with E-state index in [0.717, 1.165) is 12.8 Å². The fourth-order valence-electron chi connectivity index (χ4n) is 2.52. The molecule has 0 radical (unpaired) electrons. The molecule has 3 rings (SSSR count). The van der Waals surface area contributed by atoms with Crippen LogP contribution in [-0.2, 0) is 14.0 Å². The minimum atomic E-state index is -0.607. The van der Waals surface area contributed by atoms with Crippen LogP contribution in [0.2, 0.25) is 5.82 Å². The lowest BCUT2D eigenvalue weighted by atomic mass is 9.66. The van der Waals surface area contributed by atoms with Crippen molar-refractivity contribution in [2.45, 2.75) is 69.8 Å². The van der Waals surface area contributed by atoms with Crippen LogP contribution in [0.4, 0.5) is 4.39 Å². The maximum Gasteiger partial charge on any atom is 0.471 e. The van der Waals surface area contributed by atoms with E-state index < -0.39 is 24.1 Å². The zero-order valence-corrected chi connectivity index (χ0v) is 12.6. The molecule has 3 nitrogen and oxygen atoms in total. The fourth-order valence-corrected chi connectivity index (χ4v) is 2.52. The van der Waals surface area contributed by atoms with Gasteiger partial charge in [0.05, 0.1) is 29.2 Å². The normalized spacial score (nSPS) is 35.2. The summed E-state index contributed by atoms with van der Waals surface area (Å²) in [6.07, 6.45) is 7.17. The van der Waals surface area contributed by atoms with Crippen molar-refractivity contribution in [2.75, 3.05) is 0 Å². The SMILES string of the molecule is CC1(C)OB(C2C(F)=CC=CC2OC2CC2)OC1(C)C. The first-order valence-electron chi connectivity index (χ1n) is 7.35. The van der Waals surface area contributed by atoms with Crippen LogP contribution in [0.5, 0.6) is 0 Å². The molecule has 0 amide bonds. The Hall–Kier alpha value is -0.645. The van der Waals surface area contributed by atoms with E-state index in [4.69, 9.17) is 14.0 Å². The maximum absolute atomic E-state index is 14.3. The number of ether oxygens (including phenoxy) is 1. The van der Waals surface area contributed by atoms with Crippen LogP contribution in [0.25, 0.3) is 0 Å². The second kappa shape index (κ2) is 4.68. The number of hydrogen-bond donors (Lipinski definition) is 0. The van der Waals surface area contributed by atoms with Crippen molar-refractivity contribution in [3.05, 3.63) is 24.1 Å². The lowest BCUT2D eigenvalue weighted by Crippen LogP contribution is -2.41. The number of hydrogen-bond acceptors (Lipinski definition) is 3. The van der Waals surface area contributed by atoms with Crippen molar-refractivity contribution < 1.29 is 18.4 Å². The molecule has 2 fully saturated rings. The molecule has 1 saturated carbocycles. The summed E-state index contributed by atoms with van der Waals surface area (Å²) in [6.45, 7) is 7.90. The van der Waals surface area contributed by atoms with E-state index in [9.17, 15) is 4.39 Å². The second-order valence-electron chi connectivity index (χ2n) is 6.89. The van der Waals surface area contributed by atoms with Crippen molar-refractivity contribution in [1.82, 2.24) is 0 Å². The van der Waals surface area contributed by atoms with Crippen molar-refractivity contribution >= 4 is 7.12 Å². The largest absolute Gasteiger partial charge is 0.471 e. The molecule has 2 aliphatic carbocycles. The van der Waals surface area contributed by atoms with Crippen LogP contribution >= 0.6 is 0 Å². The highest BCUT2D eigenvalue weighted by molar-refractivity contribution is 6.48. The van der Waals surface area contributed by atoms with Crippen LogP contribution in [0.15, 0.2) is 24.1 Å². The number of halogens is 1. The molecule has 3 aliphatic rings. The highest BCUT2D eigenvalue weighted by atomic mass is 19.1. The fraction of sp³-hybridized carbons (Fsp3) is 0.733. The Morgan fingerprint density at radius 2 is 1.80 bits per heavy atom. The van der Waals surface area contributed by atoms with Gasteiger partial charge in [-0.05, 0) is 46.6 Å². The highest BCUT2D eigenvalue weighted by Crippen LogP contribution is 2.45. The molecule has 20 heavy (non-hydrogen) atoms. The van der Waals surface area contributed by atoms with Crippen LogP contribution in [-0.4, -0.2) is 30.5 Å². The van der Waals surface area contributed by atoms with Gasteiger partial charge < -0.3 is 14.0 Å². The molecule has 0 N–H and O–H groups in total. The Balaban J connectivity index is 1.80. The van der Waals surface area contributed by atoms with E-state index in [1.165, 1.54) is 6.08 Å². The van der Waals surface area contributed by atoms with Crippen molar-refractivity contribution in [3.63, 3.8) is 0 Å². The molecule has 0 aromatic heterocycles. The van der Waals surface area contributed by atoms with Gasteiger partial charge >= 0.3 is 7.12 Å². The van der Waals surface area contributed by atoms with Gasteiger partial charge in [-0.2, -0.15) is 0 Å². The predicted molar refractivity (Wildman–Crippen MR) is 76.1 cm³/mol. The third kappa shape index (κ3) is 2.47. The lowest BCUT2D eigenvalue weighted by Gasteiger charge is -2.32. The molecule has 2 unspecified atom stereocenters. The maximum atomic E-state index is 14.3. The van der Waals surface area contributed by atoms with Crippen LogP contribution in [0.1, 0.15) is 40.5 Å². The van der Waals surface area contributed by atoms with Gasteiger partial charge in [0.1, 0.15) is 5.83 Å². The van der Waals surface area contributed by atoms with E-state index in [0.29, 0.717) is 0 Å². The van der Waals surface area contributed by atoms with Gasteiger partial charge in [0.2, 0.25) is 0 Å². The summed E-state index contributed by atoms with van der Waals surface area (Å²) in [5, 5.41) is 0. The smallest absolute Gasteiger partial charge is 0.403 e. The second-order valence-corrected chi connectivity index (χ2v) is 6.89.